The Balaban J connectivity index is 0.000000135. The van der Waals surface area contributed by atoms with Crippen LogP contribution in [0.2, 0.25) is 0 Å². The van der Waals surface area contributed by atoms with Gasteiger partial charge >= 0.3 is 0 Å². The van der Waals surface area contributed by atoms with E-state index in [0.717, 1.165) is 144 Å². The quantitative estimate of drug-likeness (QED) is 0.133. The van der Waals surface area contributed by atoms with Crippen LogP contribution in [0.1, 0.15) is 0 Å². The van der Waals surface area contributed by atoms with Crippen molar-refractivity contribution in [2.24, 2.45) is 0 Å². The first kappa shape index (κ1) is 65.1. The van der Waals surface area contributed by atoms with Crippen molar-refractivity contribution in [1.82, 2.24) is 39.0 Å². The molecule has 0 bridgehead atoms. The maximum absolute atomic E-state index is 6.86. The number of nitrogens with zero attached hydrogens (tertiary/aromatic N) is 8. The number of aromatic nitrogens is 8. The Morgan fingerprint density at radius 2 is 0.526 bits per heavy atom. The molecule has 8 heterocycles. The molecule has 0 aliphatic heterocycles. The second-order valence-electron chi connectivity index (χ2n) is 28.8. The highest BCUT2D eigenvalue weighted by Crippen LogP contribution is 2.46. The highest BCUT2D eigenvalue weighted by Gasteiger charge is 2.25. The van der Waals surface area contributed by atoms with Gasteiger partial charge in [-0.25, -0.2) is 29.9 Å². The summed E-state index contributed by atoms with van der Waals surface area (Å²) in [4.78, 5) is 31.1. The predicted octanol–water partition coefficient (Wildman–Crippen LogP) is 27.8. The summed E-state index contributed by atoms with van der Waals surface area (Å²) in [6.07, 6.45) is 0. The third-order valence-electron chi connectivity index (χ3n) is 22.1. The van der Waals surface area contributed by atoms with Gasteiger partial charge < -0.3 is 18.0 Å². The average Bonchev–Trinajstić information content (AvgIpc) is 1.57. The average molecular weight is 1490 g/mol. The Kier molecular flexibility index (Phi) is 15.1. The number of fused-ring (bicyclic) bond motifs is 18. The van der Waals surface area contributed by atoms with Crippen LogP contribution in [0.3, 0.4) is 0 Å². The van der Waals surface area contributed by atoms with E-state index in [1.807, 2.05) is 12.1 Å². The van der Waals surface area contributed by atoms with Gasteiger partial charge in [-0.3, -0.25) is 0 Å². The van der Waals surface area contributed by atoms with Gasteiger partial charge in [0, 0.05) is 117 Å². The number of para-hydroxylation sites is 6. The number of hydrogen-bond donors (Lipinski definition) is 0. The van der Waals surface area contributed by atoms with E-state index in [-0.39, 0.29) is 0 Å². The van der Waals surface area contributed by atoms with Gasteiger partial charge in [0.25, 0.3) is 0 Å². The van der Waals surface area contributed by atoms with E-state index in [4.69, 9.17) is 38.7 Å². The van der Waals surface area contributed by atoms with Gasteiger partial charge in [-0.1, -0.05) is 261 Å². The Bertz CT molecular complexity index is 7980. The molecule has 0 N–H and O–H groups in total. The molecular weight excluding hydrogens is 1430 g/mol. The SMILES string of the molecule is c1ccc(-c2ccc(-c3nc(-c4ccc5c(c4)sc4ccccc45)nc(-c4cccc5c4oc4cc6c7ccccc7n(-c7ccccc7)c6cc45)n3)cc2)cc1.c1ccc(-c2cccc(-c3nc(-c4ccc5c(c4)sc4ccccc45)nc(-c4cccc5c4oc4cc6c7ccccc7n(-c7ccccc7)c6cc45)n3)c2)cc1. The van der Waals surface area contributed by atoms with E-state index in [9.17, 15) is 0 Å². The number of furan rings is 2. The zero-order valence-corrected chi connectivity index (χ0v) is 62.5. The fraction of sp³-hybridized carbons (Fsp3) is 0. The smallest absolute Gasteiger partial charge is 0.167 e. The Morgan fingerprint density at radius 1 is 0.193 bits per heavy atom. The lowest BCUT2D eigenvalue weighted by atomic mass is 10.0. The minimum atomic E-state index is 0.560. The molecule has 12 heteroatoms. The first-order valence-corrected chi connectivity index (χ1v) is 39.7. The van der Waals surface area contributed by atoms with E-state index >= 15 is 0 Å². The van der Waals surface area contributed by atoms with Gasteiger partial charge in [0.1, 0.15) is 22.3 Å². The molecule has 10 nitrogen and oxygen atoms in total. The van der Waals surface area contributed by atoms with Crippen molar-refractivity contribution in [3.63, 3.8) is 0 Å². The van der Waals surface area contributed by atoms with Crippen molar-refractivity contribution in [3.05, 3.63) is 364 Å². The molecule has 24 aromatic rings. The molecule has 114 heavy (non-hydrogen) atoms. The van der Waals surface area contributed by atoms with Gasteiger partial charge in [-0.05, 0) is 125 Å². The normalized spacial score (nSPS) is 11.9. The van der Waals surface area contributed by atoms with Gasteiger partial charge in [0.2, 0.25) is 0 Å². The highest BCUT2D eigenvalue weighted by atomic mass is 32.1. The molecular formula is C102H60N8O2S2. The molecule has 0 saturated heterocycles. The van der Waals surface area contributed by atoms with Gasteiger partial charge in [-0.15, -0.1) is 22.7 Å². The Hall–Kier alpha value is -14.8. The summed E-state index contributed by atoms with van der Waals surface area (Å²) in [6.45, 7) is 0. The molecule has 0 unspecified atom stereocenters. The second-order valence-corrected chi connectivity index (χ2v) is 31.0. The van der Waals surface area contributed by atoms with Crippen molar-refractivity contribution in [2.75, 3.05) is 0 Å². The summed E-state index contributed by atoms with van der Waals surface area (Å²) in [5.41, 5.74) is 19.8. The van der Waals surface area contributed by atoms with Gasteiger partial charge in [0.15, 0.2) is 34.9 Å². The first-order valence-electron chi connectivity index (χ1n) is 38.0. The second kappa shape index (κ2) is 26.5. The molecule has 532 valence electrons. The lowest BCUT2D eigenvalue weighted by molar-refractivity contribution is 0.669. The van der Waals surface area contributed by atoms with Crippen LogP contribution >= 0.6 is 22.7 Å². The standard InChI is InChI=1S/2C51H30N4OS/c1-3-13-31(14-4-1)32-15-11-16-33(27-32)49-52-50(34-25-26-38-37-20-8-10-24-46(37)57-47(38)28-34)54-51(53-49)40-22-12-21-39-42-29-44-41(30-45(42)56-48(39)40)36-19-7-9-23-43(36)55(44)35-17-5-2-6-18-35;1-3-12-31(13-4-1)32-22-24-33(25-23-32)49-52-50(34-26-27-38-37-17-8-10-21-46(37)57-47(38)28-34)54-51(53-49)40-19-11-18-39-42-29-44-41(30-45(42)56-48(39)40)36-16-7-9-20-43(36)55(44)35-14-5-2-6-15-35/h2*1-30H. The van der Waals surface area contributed by atoms with Crippen molar-refractivity contribution < 1.29 is 8.83 Å². The van der Waals surface area contributed by atoms with Crippen molar-refractivity contribution in [2.45, 2.75) is 0 Å². The largest absolute Gasteiger partial charge is 0.455 e. The summed E-state index contributed by atoms with van der Waals surface area (Å²) in [5, 5.41) is 13.7. The summed E-state index contributed by atoms with van der Waals surface area (Å²) in [7, 11) is 0. The van der Waals surface area contributed by atoms with Crippen LogP contribution < -0.4 is 0 Å². The van der Waals surface area contributed by atoms with Gasteiger partial charge in [-0.2, -0.15) is 0 Å². The lowest BCUT2D eigenvalue weighted by Crippen LogP contribution is -2.00. The molecule has 0 amide bonds. The van der Waals surface area contributed by atoms with E-state index < -0.39 is 0 Å². The first-order chi connectivity index (χ1) is 56.5. The summed E-state index contributed by atoms with van der Waals surface area (Å²) < 4.78 is 23.3. The van der Waals surface area contributed by atoms with E-state index in [2.05, 4.69) is 361 Å². The number of hydrogen-bond acceptors (Lipinski definition) is 10. The van der Waals surface area contributed by atoms with Crippen LogP contribution in [0.4, 0.5) is 0 Å². The molecule has 24 rings (SSSR count). The summed E-state index contributed by atoms with van der Waals surface area (Å²) in [5.74, 6) is 3.56. The van der Waals surface area contributed by atoms with E-state index in [1.54, 1.807) is 22.7 Å². The maximum Gasteiger partial charge on any atom is 0.167 e. The third-order valence-corrected chi connectivity index (χ3v) is 24.4. The lowest BCUT2D eigenvalue weighted by Gasteiger charge is -2.10. The van der Waals surface area contributed by atoms with E-state index in [0.29, 0.717) is 34.9 Å². The van der Waals surface area contributed by atoms with Crippen molar-refractivity contribution in [3.8, 4) is 102 Å². The predicted molar refractivity (Wildman–Crippen MR) is 472 cm³/mol. The number of rotatable bonds is 10. The molecule has 0 saturated carbocycles. The fourth-order valence-corrected chi connectivity index (χ4v) is 19.0. The van der Waals surface area contributed by atoms with Crippen LogP contribution in [0, 0.1) is 0 Å². The zero-order chi connectivity index (χ0) is 74.9. The van der Waals surface area contributed by atoms with Crippen molar-refractivity contribution in [1.29, 1.82) is 0 Å². The van der Waals surface area contributed by atoms with Gasteiger partial charge in [0.05, 0.1) is 33.2 Å². The molecule has 0 atom stereocenters. The minimum Gasteiger partial charge on any atom is -0.455 e. The topological polar surface area (TPSA) is 113 Å². The van der Waals surface area contributed by atoms with Crippen molar-refractivity contribution >= 4 is 151 Å². The molecule has 16 aromatic carbocycles. The Labute approximate surface area is 659 Å². The molecule has 0 radical (unpaired) electrons. The third kappa shape index (κ3) is 10.9. The highest BCUT2D eigenvalue weighted by molar-refractivity contribution is 7.26. The molecule has 0 aliphatic carbocycles. The summed E-state index contributed by atoms with van der Waals surface area (Å²) in [6, 6.07) is 128. The van der Waals surface area contributed by atoms with Crippen LogP contribution in [-0.4, -0.2) is 39.0 Å². The minimum absolute atomic E-state index is 0.560. The monoisotopic (exact) mass is 1490 g/mol. The Morgan fingerprint density at radius 3 is 1.01 bits per heavy atom. The number of benzene rings is 16. The fourth-order valence-electron chi connectivity index (χ4n) is 16.7. The molecule has 0 spiro atoms. The van der Waals surface area contributed by atoms with Crippen LogP contribution in [0.15, 0.2) is 373 Å². The van der Waals surface area contributed by atoms with E-state index in [1.165, 1.54) is 51.1 Å². The molecule has 8 aromatic heterocycles. The maximum atomic E-state index is 6.86. The molecule has 0 aliphatic rings. The van der Waals surface area contributed by atoms with Crippen LogP contribution in [-0.2, 0) is 0 Å². The molecule has 0 fully saturated rings. The zero-order valence-electron chi connectivity index (χ0n) is 60.9. The van der Waals surface area contributed by atoms with Crippen LogP contribution in [0.25, 0.3) is 230 Å². The summed E-state index contributed by atoms with van der Waals surface area (Å²) >= 11 is 3.58. The number of thiophene rings is 2. The van der Waals surface area contributed by atoms with Crippen LogP contribution in [0.5, 0.6) is 0 Å².